The van der Waals surface area contributed by atoms with E-state index in [2.05, 4.69) is 15.9 Å². The SMILES string of the molecule is O=[N+]([O-])c1ccccc1C=CCc1ccc(Br)cc1. The summed E-state index contributed by atoms with van der Waals surface area (Å²) >= 11 is 3.38. The van der Waals surface area contributed by atoms with Gasteiger partial charge in [0.1, 0.15) is 0 Å². The zero-order valence-electron chi connectivity index (χ0n) is 10.1. The van der Waals surface area contributed by atoms with E-state index in [4.69, 9.17) is 0 Å². The molecular formula is C15H12BrNO2. The minimum atomic E-state index is -0.362. The molecule has 0 aliphatic heterocycles. The number of allylic oxidation sites excluding steroid dienone is 1. The maximum atomic E-state index is 10.9. The topological polar surface area (TPSA) is 43.1 Å². The smallest absolute Gasteiger partial charge is 0.258 e. The first-order chi connectivity index (χ1) is 9.16. The lowest BCUT2D eigenvalue weighted by atomic mass is 10.1. The molecule has 19 heavy (non-hydrogen) atoms. The Hall–Kier alpha value is -1.94. The van der Waals surface area contributed by atoms with Crippen LogP contribution in [0.2, 0.25) is 0 Å². The highest BCUT2D eigenvalue weighted by molar-refractivity contribution is 9.10. The summed E-state index contributed by atoms with van der Waals surface area (Å²) in [5.41, 5.74) is 1.93. The lowest BCUT2D eigenvalue weighted by molar-refractivity contribution is -0.385. The number of benzene rings is 2. The van der Waals surface area contributed by atoms with Crippen LogP contribution in [0.4, 0.5) is 5.69 Å². The third kappa shape index (κ3) is 3.76. The van der Waals surface area contributed by atoms with Gasteiger partial charge in [0.25, 0.3) is 5.69 Å². The van der Waals surface area contributed by atoms with Crippen molar-refractivity contribution in [3.05, 3.63) is 80.3 Å². The Labute approximate surface area is 119 Å². The van der Waals surface area contributed by atoms with Crippen LogP contribution >= 0.6 is 15.9 Å². The Morgan fingerprint density at radius 1 is 1.11 bits per heavy atom. The molecular weight excluding hydrogens is 306 g/mol. The second-order valence-electron chi connectivity index (χ2n) is 4.05. The molecule has 0 aromatic heterocycles. The van der Waals surface area contributed by atoms with Crippen molar-refractivity contribution in [2.45, 2.75) is 6.42 Å². The number of halogens is 1. The van der Waals surface area contributed by atoms with Gasteiger partial charge in [-0.1, -0.05) is 52.3 Å². The minimum absolute atomic E-state index is 0.134. The molecule has 0 amide bonds. The molecule has 0 fully saturated rings. The molecule has 96 valence electrons. The third-order valence-corrected chi connectivity index (χ3v) is 3.23. The molecule has 2 rings (SSSR count). The minimum Gasteiger partial charge on any atom is -0.258 e. The summed E-state index contributed by atoms with van der Waals surface area (Å²) in [7, 11) is 0. The van der Waals surface area contributed by atoms with Crippen molar-refractivity contribution >= 4 is 27.7 Å². The van der Waals surface area contributed by atoms with Gasteiger partial charge in [0.05, 0.1) is 10.5 Å². The highest BCUT2D eigenvalue weighted by Crippen LogP contribution is 2.19. The number of nitrogens with zero attached hydrogens (tertiary/aromatic N) is 1. The number of para-hydroxylation sites is 1. The number of nitro groups is 1. The van der Waals surface area contributed by atoms with Crippen molar-refractivity contribution in [3.63, 3.8) is 0 Å². The first-order valence-electron chi connectivity index (χ1n) is 5.81. The Morgan fingerprint density at radius 3 is 2.47 bits per heavy atom. The molecule has 2 aromatic rings. The van der Waals surface area contributed by atoms with E-state index in [0.717, 1.165) is 16.5 Å². The lowest BCUT2D eigenvalue weighted by Gasteiger charge is -1.98. The van der Waals surface area contributed by atoms with E-state index in [1.807, 2.05) is 30.3 Å². The van der Waals surface area contributed by atoms with Crippen molar-refractivity contribution in [2.75, 3.05) is 0 Å². The summed E-state index contributed by atoms with van der Waals surface area (Å²) in [6.07, 6.45) is 4.48. The van der Waals surface area contributed by atoms with Crippen molar-refractivity contribution in [1.29, 1.82) is 0 Å². The molecule has 0 aliphatic carbocycles. The van der Waals surface area contributed by atoms with E-state index in [0.29, 0.717) is 5.56 Å². The van der Waals surface area contributed by atoms with Crippen LogP contribution in [0.15, 0.2) is 59.1 Å². The van der Waals surface area contributed by atoms with E-state index >= 15 is 0 Å². The second-order valence-corrected chi connectivity index (χ2v) is 4.96. The summed E-state index contributed by atoms with van der Waals surface area (Å²) in [6.45, 7) is 0. The summed E-state index contributed by atoms with van der Waals surface area (Å²) < 4.78 is 1.04. The summed E-state index contributed by atoms with van der Waals surface area (Å²) in [6, 6.07) is 14.7. The van der Waals surface area contributed by atoms with Crippen LogP contribution in [0.5, 0.6) is 0 Å². The van der Waals surface area contributed by atoms with Gasteiger partial charge in [0.15, 0.2) is 0 Å². The van der Waals surface area contributed by atoms with E-state index < -0.39 is 0 Å². The Morgan fingerprint density at radius 2 is 1.79 bits per heavy atom. The maximum absolute atomic E-state index is 10.9. The van der Waals surface area contributed by atoms with Crippen LogP contribution in [-0.2, 0) is 6.42 Å². The largest absolute Gasteiger partial charge is 0.276 e. The molecule has 0 bridgehead atoms. The molecule has 0 aliphatic rings. The fourth-order valence-electron chi connectivity index (χ4n) is 1.74. The molecule has 0 saturated heterocycles. The number of rotatable bonds is 4. The van der Waals surface area contributed by atoms with Gasteiger partial charge in [-0.3, -0.25) is 10.1 Å². The van der Waals surface area contributed by atoms with Crippen molar-refractivity contribution in [2.24, 2.45) is 0 Å². The van der Waals surface area contributed by atoms with Crippen LogP contribution in [0.3, 0.4) is 0 Å². The molecule has 4 heteroatoms. The van der Waals surface area contributed by atoms with Crippen LogP contribution < -0.4 is 0 Å². The van der Waals surface area contributed by atoms with Crippen molar-refractivity contribution < 1.29 is 4.92 Å². The van der Waals surface area contributed by atoms with E-state index in [1.54, 1.807) is 24.3 Å². The lowest BCUT2D eigenvalue weighted by Crippen LogP contribution is -1.90. The number of nitro benzene ring substituents is 1. The van der Waals surface area contributed by atoms with Crippen LogP contribution in [0.1, 0.15) is 11.1 Å². The number of hydrogen-bond donors (Lipinski definition) is 0. The molecule has 2 aromatic carbocycles. The maximum Gasteiger partial charge on any atom is 0.276 e. The van der Waals surface area contributed by atoms with Gasteiger partial charge in [-0.05, 0) is 30.2 Å². The molecule has 0 unspecified atom stereocenters. The van der Waals surface area contributed by atoms with Crippen molar-refractivity contribution in [1.82, 2.24) is 0 Å². The normalized spacial score (nSPS) is 10.8. The van der Waals surface area contributed by atoms with Crippen LogP contribution in [0.25, 0.3) is 6.08 Å². The van der Waals surface area contributed by atoms with E-state index in [-0.39, 0.29) is 10.6 Å². The Balaban J connectivity index is 2.11. The fraction of sp³-hybridized carbons (Fsp3) is 0.0667. The highest BCUT2D eigenvalue weighted by Gasteiger charge is 2.08. The predicted molar refractivity (Wildman–Crippen MR) is 80.0 cm³/mol. The van der Waals surface area contributed by atoms with Gasteiger partial charge >= 0.3 is 0 Å². The third-order valence-electron chi connectivity index (χ3n) is 2.70. The van der Waals surface area contributed by atoms with Gasteiger partial charge in [-0.15, -0.1) is 0 Å². The summed E-state index contributed by atoms with van der Waals surface area (Å²) in [5.74, 6) is 0. The Bertz CT molecular complexity index is 606. The first-order valence-corrected chi connectivity index (χ1v) is 6.60. The zero-order chi connectivity index (χ0) is 13.7. The second kappa shape index (κ2) is 6.29. The van der Waals surface area contributed by atoms with Gasteiger partial charge in [-0.2, -0.15) is 0 Å². The molecule has 0 spiro atoms. The van der Waals surface area contributed by atoms with E-state index in [9.17, 15) is 10.1 Å². The molecule has 0 N–H and O–H groups in total. The molecule has 3 nitrogen and oxygen atoms in total. The molecule has 0 saturated carbocycles. The van der Waals surface area contributed by atoms with Crippen LogP contribution in [-0.4, -0.2) is 4.92 Å². The quantitative estimate of drug-likeness (QED) is 0.610. The van der Waals surface area contributed by atoms with E-state index in [1.165, 1.54) is 6.07 Å². The van der Waals surface area contributed by atoms with Gasteiger partial charge in [0, 0.05) is 10.5 Å². The van der Waals surface area contributed by atoms with Gasteiger partial charge < -0.3 is 0 Å². The standard InChI is InChI=1S/C15H12BrNO2/c16-14-10-8-12(9-11-14)4-3-6-13-5-1-2-7-15(13)17(18)19/h1-3,5-11H,4H2. The number of hydrogen-bond acceptors (Lipinski definition) is 2. The first kappa shape index (κ1) is 13.5. The summed E-state index contributed by atoms with van der Waals surface area (Å²) in [5, 5.41) is 10.9. The highest BCUT2D eigenvalue weighted by atomic mass is 79.9. The van der Waals surface area contributed by atoms with Crippen molar-refractivity contribution in [3.8, 4) is 0 Å². The molecule has 0 radical (unpaired) electrons. The van der Waals surface area contributed by atoms with Gasteiger partial charge in [-0.25, -0.2) is 0 Å². The molecule has 0 atom stereocenters. The Kier molecular flexibility index (Phi) is 4.47. The predicted octanol–water partition coefficient (Wildman–Crippen LogP) is 4.61. The van der Waals surface area contributed by atoms with Crippen LogP contribution in [0, 0.1) is 10.1 Å². The van der Waals surface area contributed by atoms with Gasteiger partial charge in [0.2, 0.25) is 0 Å². The zero-order valence-corrected chi connectivity index (χ0v) is 11.7. The average Bonchev–Trinajstić information content (AvgIpc) is 2.41. The average molecular weight is 318 g/mol. The fourth-order valence-corrected chi connectivity index (χ4v) is 2.00. The monoisotopic (exact) mass is 317 g/mol. The summed E-state index contributed by atoms with van der Waals surface area (Å²) in [4.78, 5) is 10.5. The molecule has 0 heterocycles.